The number of carbonyl (C=O) groups is 2. The van der Waals surface area contributed by atoms with Crippen molar-refractivity contribution in [3.8, 4) is 17.1 Å². The molecule has 5 rings (SSSR count). The molecule has 0 bridgehead atoms. The van der Waals surface area contributed by atoms with Crippen LogP contribution in [0.2, 0.25) is 0 Å². The van der Waals surface area contributed by atoms with Crippen LogP contribution in [0.3, 0.4) is 0 Å². The molecule has 1 unspecified atom stereocenters. The molecule has 10 nitrogen and oxygen atoms in total. The van der Waals surface area contributed by atoms with E-state index < -0.39 is 5.97 Å². The second-order valence-corrected chi connectivity index (χ2v) is 9.46. The van der Waals surface area contributed by atoms with E-state index in [1.807, 2.05) is 6.07 Å². The van der Waals surface area contributed by atoms with Crippen LogP contribution in [-0.2, 0) is 23.2 Å². The number of fused-ring (bicyclic) bond motifs is 1. The number of hydrogen-bond acceptors (Lipinski definition) is 7. The third-order valence-corrected chi connectivity index (χ3v) is 7.34. The topological polar surface area (TPSA) is 120 Å². The second-order valence-electron chi connectivity index (χ2n) is 9.46. The van der Waals surface area contributed by atoms with E-state index in [1.54, 1.807) is 35.9 Å². The van der Waals surface area contributed by atoms with Crippen molar-refractivity contribution in [2.45, 2.75) is 44.8 Å². The van der Waals surface area contributed by atoms with Crippen molar-refractivity contribution < 1.29 is 24.2 Å². The van der Waals surface area contributed by atoms with Crippen LogP contribution in [0.15, 0.2) is 18.3 Å². The Hall–Kier alpha value is -3.17. The predicted molar refractivity (Wildman–Crippen MR) is 116 cm³/mol. The zero-order chi connectivity index (χ0) is 23.1. The molecular weight excluding hydrogens is 426 g/mol. The van der Waals surface area contributed by atoms with E-state index in [1.165, 1.54) is 19.3 Å². The number of amides is 1. The number of aryl methyl sites for hydroxylation is 1. The van der Waals surface area contributed by atoms with Crippen molar-refractivity contribution in [2.24, 2.45) is 30.7 Å². The minimum Gasteiger partial charge on any atom is -0.488 e. The van der Waals surface area contributed by atoms with E-state index in [2.05, 4.69) is 15.3 Å². The van der Waals surface area contributed by atoms with Gasteiger partial charge in [0.1, 0.15) is 29.8 Å². The lowest BCUT2D eigenvalue weighted by atomic mass is 9.85. The summed E-state index contributed by atoms with van der Waals surface area (Å²) in [5.74, 6) is 0.537. The summed E-state index contributed by atoms with van der Waals surface area (Å²) >= 11 is 0. The Balaban J connectivity index is 1.20. The van der Waals surface area contributed by atoms with Crippen molar-refractivity contribution in [3.05, 3.63) is 24.0 Å². The number of aromatic nitrogens is 4. The largest absolute Gasteiger partial charge is 0.488 e. The maximum atomic E-state index is 12.4. The van der Waals surface area contributed by atoms with Gasteiger partial charge in [-0.1, -0.05) is 11.6 Å². The molecule has 33 heavy (non-hydrogen) atoms. The van der Waals surface area contributed by atoms with Crippen LogP contribution in [0.5, 0.6) is 5.75 Å². The second kappa shape index (κ2) is 8.64. The number of aliphatic carboxylic acids is 1. The van der Waals surface area contributed by atoms with Gasteiger partial charge in [-0.15, -0.1) is 5.10 Å². The quantitative estimate of drug-likeness (QED) is 0.645. The van der Waals surface area contributed by atoms with Gasteiger partial charge in [-0.3, -0.25) is 9.78 Å². The van der Waals surface area contributed by atoms with Gasteiger partial charge in [0.05, 0.1) is 17.8 Å². The van der Waals surface area contributed by atoms with Crippen LogP contribution >= 0.6 is 0 Å². The molecule has 3 aliphatic carbocycles. The molecule has 2 aromatic rings. The van der Waals surface area contributed by atoms with Gasteiger partial charge in [0.2, 0.25) is 0 Å². The first-order valence-corrected chi connectivity index (χ1v) is 11.5. The molecule has 0 radical (unpaired) electrons. The maximum Gasteiger partial charge on any atom is 0.409 e. The van der Waals surface area contributed by atoms with Gasteiger partial charge >= 0.3 is 12.1 Å². The van der Waals surface area contributed by atoms with Crippen LogP contribution in [0.4, 0.5) is 4.79 Å². The van der Waals surface area contributed by atoms with Crippen LogP contribution in [0.25, 0.3) is 11.4 Å². The number of carbonyl (C=O) groups excluding carboxylic acids is 1. The summed E-state index contributed by atoms with van der Waals surface area (Å²) in [5, 5.41) is 17.5. The third kappa shape index (κ3) is 4.26. The fourth-order valence-corrected chi connectivity index (χ4v) is 5.19. The molecule has 0 aromatic carbocycles. The highest BCUT2D eigenvalue weighted by molar-refractivity contribution is 5.75. The summed E-state index contributed by atoms with van der Waals surface area (Å²) in [6, 6.07) is 3.60. The first-order chi connectivity index (χ1) is 15.9. The standard InChI is InChI=1S/C23H29N5O5/c1-27(11-13-4-3-5-13)23(31)32-12-17-21(25-26-28(17)2)16-8-6-14(10-24-16)33-18-9-7-15-19(18)20(15)22(29)30/h6,8,10,13,15,18-20H,3-5,7,9,11-12H2,1-2H3,(H,29,30)/t15?,18-,19-,20-/m1/s1. The van der Waals surface area contributed by atoms with E-state index in [0.29, 0.717) is 35.3 Å². The van der Waals surface area contributed by atoms with Crippen molar-refractivity contribution in [1.29, 1.82) is 0 Å². The van der Waals surface area contributed by atoms with Gasteiger partial charge in [0.15, 0.2) is 0 Å². The summed E-state index contributed by atoms with van der Waals surface area (Å²) in [4.78, 5) is 29.7. The smallest absolute Gasteiger partial charge is 0.409 e. The molecule has 0 saturated heterocycles. The van der Waals surface area contributed by atoms with Crippen LogP contribution in [0.1, 0.15) is 37.8 Å². The van der Waals surface area contributed by atoms with E-state index in [0.717, 1.165) is 12.8 Å². The summed E-state index contributed by atoms with van der Waals surface area (Å²) in [5.41, 5.74) is 1.80. The van der Waals surface area contributed by atoms with Crippen molar-refractivity contribution in [3.63, 3.8) is 0 Å². The summed E-state index contributed by atoms with van der Waals surface area (Å²) in [7, 11) is 3.51. The fourth-order valence-electron chi connectivity index (χ4n) is 5.19. The molecule has 1 amide bonds. The monoisotopic (exact) mass is 455 g/mol. The molecule has 2 heterocycles. The number of carboxylic acid groups (broad SMARTS) is 1. The lowest BCUT2D eigenvalue weighted by molar-refractivity contribution is -0.139. The SMILES string of the molecule is CN(CC1CCC1)C(=O)OCc1c(-c2ccc(O[C@@H]3CCC4[C@H]3[C@@H]4C(=O)O)cn2)nnn1C. The van der Waals surface area contributed by atoms with Gasteiger partial charge in [0.25, 0.3) is 0 Å². The van der Waals surface area contributed by atoms with Gasteiger partial charge in [-0.05, 0) is 49.7 Å². The summed E-state index contributed by atoms with van der Waals surface area (Å²) in [6.45, 7) is 0.766. The average Bonchev–Trinajstić information content (AvgIpc) is 3.19. The molecule has 3 saturated carbocycles. The summed E-state index contributed by atoms with van der Waals surface area (Å²) < 4.78 is 13.1. The van der Waals surface area contributed by atoms with E-state index in [9.17, 15) is 14.7 Å². The predicted octanol–water partition coefficient (Wildman–Crippen LogP) is 2.73. The summed E-state index contributed by atoms with van der Waals surface area (Å²) in [6.07, 6.45) is 6.52. The zero-order valence-corrected chi connectivity index (χ0v) is 18.9. The van der Waals surface area contributed by atoms with Gasteiger partial charge < -0.3 is 19.5 Å². The molecule has 0 spiro atoms. The molecule has 2 aromatic heterocycles. The zero-order valence-electron chi connectivity index (χ0n) is 18.9. The molecule has 176 valence electrons. The van der Waals surface area contributed by atoms with E-state index in [-0.39, 0.29) is 36.6 Å². The van der Waals surface area contributed by atoms with Crippen LogP contribution < -0.4 is 4.74 Å². The highest BCUT2D eigenvalue weighted by Gasteiger charge is 2.62. The molecule has 0 aliphatic heterocycles. The number of carboxylic acids is 1. The minimum atomic E-state index is -0.725. The molecule has 3 fully saturated rings. The number of ether oxygens (including phenoxy) is 2. The molecule has 1 N–H and O–H groups in total. The van der Waals surface area contributed by atoms with Crippen molar-refractivity contribution in [1.82, 2.24) is 24.9 Å². The fraction of sp³-hybridized carbons (Fsp3) is 0.609. The maximum absolute atomic E-state index is 12.4. The number of rotatable bonds is 8. The Morgan fingerprint density at radius 2 is 2.06 bits per heavy atom. The lowest BCUT2D eigenvalue weighted by Crippen LogP contribution is -2.34. The lowest BCUT2D eigenvalue weighted by Gasteiger charge is -2.29. The van der Waals surface area contributed by atoms with Gasteiger partial charge in [-0.25, -0.2) is 9.48 Å². The number of pyridine rings is 1. The van der Waals surface area contributed by atoms with E-state index in [4.69, 9.17) is 9.47 Å². The van der Waals surface area contributed by atoms with E-state index >= 15 is 0 Å². The van der Waals surface area contributed by atoms with Crippen molar-refractivity contribution >= 4 is 12.1 Å². The average molecular weight is 456 g/mol. The Bertz CT molecular complexity index is 1030. The minimum absolute atomic E-state index is 0.0499. The van der Waals surface area contributed by atoms with Gasteiger partial charge in [-0.2, -0.15) is 0 Å². The first-order valence-electron chi connectivity index (χ1n) is 11.5. The van der Waals surface area contributed by atoms with Gasteiger partial charge in [0, 0.05) is 26.6 Å². The molecule has 4 atom stereocenters. The van der Waals surface area contributed by atoms with Crippen LogP contribution in [0, 0.1) is 23.7 Å². The Morgan fingerprint density at radius 1 is 1.24 bits per heavy atom. The first kappa shape index (κ1) is 21.7. The molecular formula is C23H29N5O5. The third-order valence-electron chi connectivity index (χ3n) is 7.34. The highest BCUT2D eigenvalue weighted by Crippen LogP contribution is 2.58. The highest BCUT2D eigenvalue weighted by atomic mass is 16.6. The molecule has 10 heteroatoms. The Morgan fingerprint density at radius 3 is 2.70 bits per heavy atom. The van der Waals surface area contributed by atoms with Crippen LogP contribution in [-0.4, -0.2) is 61.7 Å². The molecule has 3 aliphatic rings. The Labute approximate surface area is 191 Å². The Kier molecular flexibility index (Phi) is 5.67. The number of hydrogen-bond donors (Lipinski definition) is 1. The number of nitrogens with zero attached hydrogens (tertiary/aromatic N) is 5. The van der Waals surface area contributed by atoms with Crippen molar-refractivity contribution in [2.75, 3.05) is 13.6 Å². The normalized spacial score (nSPS) is 25.8.